The largest absolute Gasteiger partial charge is 0.493 e. The van der Waals surface area contributed by atoms with Gasteiger partial charge in [-0.1, -0.05) is 48.5 Å². The molecule has 0 saturated carbocycles. The van der Waals surface area contributed by atoms with Crippen LogP contribution in [0.4, 0.5) is 9.18 Å². The van der Waals surface area contributed by atoms with Crippen LogP contribution in [0.15, 0.2) is 85.1 Å². The maximum atomic E-state index is 13.2. The molecule has 6 nitrogen and oxygen atoms in total. The van der Waals surface area contributed by atoms with Crippen LogP contribution >= 0.6 is 0 Å². The van der Waals surface area contributed by atoms with Crippen LogP contribution in [0.5, 0.6) is 11.5 Å². The molecule has 1 N–H and O–H groups in total. The molecule has 178 valence electrons. The van der Waals surface area contributed by atoms with Gasteiger partial charge in [-0.2, -0.15) is 0 Å². The molecule has 0 spiro atoms. The molecule has 0 bridgehead atoms. The number of hydrogen-bond acceptors (Lipinski definition) is 4. The molecule has 3 aromatic rings. The quantitative estimate of drug-likeness (QED) is 0.263. The Morgan fingerprint density at radius 3 is 2.46 bits per heavy atom. The third kappa shape index (κ3) is 5.58. The van der Waals surface area contributed by atoms with Crippen molar-refractivity contribution in [2.24, 2.45) is 0 Å². The number of ether oxygens (including phenoxy) is 2. The maximum Gasteiger partial charge on any atom is 0.329 e. The van der Waals surface area contributed by atoms with Gasteiger partial charge >= 0.3 is 6.03 Å². The van der Waals surface area contributed by atoms with Gasteiger partial charge in [-0.3, -0.25) is 9.69 Å². The standard InChI is InChI=1S/C28H25FN2O4/c1-3-7-22-14-21(16-25(34-2)26(22)35-18-20-10-12-23(29)13-11-20)15-24-27(32)31(28(33)30-24)17-19-8-5-4-6-9-19/h3-6,8-16H,1,7,17-18H2,2H3,(H,30,33)/b24-15+. The predicted octanol–water partition coefficient (Wildman–Crippen LogP) is 5.23. The highest BCUT2D eigenvalue weighted by atomic mass is 19.1. The van der Waals surface area contributed by atoms with Crippen molar-refractivity contribution >= 4 is 18.0 Å². The van der Waals surface area contributed by atoms with Gasteiger partial charge in [0.15, 0.2) is 11.5 Å². The molecule has 1 saturated heterocycles. The minimum absolute atomic E-state index is 0.178. The number of methoxy groups -OCH3 is 1. The summed E-state index contributed by atoms with van der Waals surface area (Å²) in [4.78, 5) is 26.5. The van der Waals surface area contributed by atoms with Crippen LogP contribution in [0, 0.1) is 5.82 Å². The summed E-state index contributed by atoms with van der Waals surface area (Å²) in [7, 11) is 1.53. The fourth-order valence-electron chi connectivity index (χ4n) is 3.77. The summed E-state index contributed by atoms with van der Waals surface area (Å²) in [6.07, 6.45) is 3.84. The summed E-state index contributed by atoms with van der Waals surface area (Å²) in [5.41, 5.74) is 3.30. The Balaban J connectivity index is 1.59. The van der Waals surface area contributed by atoms with Crippen LogP contribution in [0.25, 0.3) is 6.08 Å². The summed E-state index contributed by atoms with van der Waals surface area (Å²) in [5, 5.41) is 2.65. The van der Waals surface area contributed by atoms with E-state index in [1.807, 2.05) is 36.4 Å². The Hall–Kier alpha value is -4.39. The third-order valence-electron chi connectivity index (χ3n) is 5.49. The van der Waals surface area contributed by atoms with E-state index in [0.29, 0.717) is 23.5 Å². The zero-order valence-corrected chi connectivity index (χ0v) is 19.3. The Morgan fingerprint density at radius 2 is 1.77 bits per heavy atom. The molecule has 1 fully saturated rings. The lowest BCUT2D eigenvalue weighted by Gasteiger charge is -2.16. The van der Waals surface area contributed by atoms with Crippen molar-refractivity contribution < 1.29 is 23.5 Å². The predicted molar refractivity (Wildman–Crippen MR) is 131 cm³/mol. The lowest BCUT2D eigenvalue weighted by atomic mass is 10.0. The van der Waals surface area contributed by atoms with Crippen LogP contribution < -0.4 is 14.8 Å². The fourth-order valence-corrected chi connectivity index (χ4v) is 3.77. The number of hydrogen-bond donors (Lipinski definition) is 1. The van der Waals surface area contributed by atoms with Crippen LogP contribution in [-0.2, 0) is 24.4 Å². The Bertz CT molecular complexity index is 1270. The van der Waals surface area contributed by atoms with E-state index in [2.05, 4.69) is 11.9 Å². The monoisotopic (exact) mass is 472 g/mol. The van der Waals surface area contributed by atoms with E-state index in [1.54, 1.807) is 30.4 Å². The summed E-state index contributed by atoms with van der Waals surface area (Å²) in [6.45, 7) is 4.23. The van der Waals surface area contributed by atoms with Gasteiger partial charge in [-0.05, 0) is 53.5 Å². The van der Waals surface area contributed by atoms with Crippen molar-refractivity contribution in [1.29, 1.82) is 0 Å². The van der Waals surface area contributed by atoms with Gasteiger partial charge in [0.1, 0.15) is 18.1 Å². The summed E-state index contributed by atoms with van der Waals surface area (Å²) >= 11 is 0. The summed E-state index contributed by atoms with van der Waals surface area (Å²) in [5.74, 6) is 0.286. The van der Waals surface area contributed by atoms with E-state index in [-0.39, 0.29) is 24.7 Å². The Morgan fingerprint density at radius 1 is 1.03 bits per heavy atom. The van der Waals surface area contributed by atoms with E-state index in [4.69, 9.17) is 9.47 Å². The third-order valence-corrected chi connectivity index (χ3v) is 5.49. The first-order chi connectivity index (χ1) is 17.0. The van der Waals surface area contributed by atoms with E-state index < -0.39 is 11.9 Å². The number of allylic oxidation sites excluding steroid dienone is 1. The van der Waals surface area contributed by atoms with Crippen LogP contribution in [-0.4, -0.2) is 23.9 Å². The number of amides is 3. The molecule has 1 aliphatic heterocycles. The maximum absolute atomic E-state index is 13.2. The van der Waals surface area contributed by atoms with E-state index in [9.17, 15) is 14.0 Å². The molecule has 0 unspecified atom stereocenters. The minimum Gasteiger partial charge on any atom is -0.493 e. The van der Waals surface area contributed by atoms with E-state index >= 15 is 0 Å². The molecule has 3 aromatic carbocycles. The molecule has 0 aromatic heterocycles. The lowest BCUT2D eigenvalue weighted by Crippen LogP contribution is -2.30. The van der Waals surface area contributed by atoms with Gasteiger partial charge in [-0.15, -0.1) is 6.58 Å². The van der Waals surface area contributed by atoms with Crippen LogP contribution in [0.3, 0.4) is 0 Å². The van der Waals surface area contributed by atoms with Crippen LogP contribution in [0.2, 0.25) is 0 Å². The van der Waals surface area contributed by atoms with Gasteiger partial charge in [0.05, 0.1) is 13.7 Å². The number of rotatable bonds is 9. The molecule has 0 aliphatic carbocycles. The molecule has 1 heterocycles. The molecular weight excluding hydrogens is 447 g/mol. The fraction of sp³-hybridized carbons (Fsp3) is 0.143. The Kier molecular flexibility index (Phi) is 7.26. The highest BCUT2D eigenvalue weighted by Crippen LogP contribution is 2.35. The normalized spacial score (nSPS) is 14.2. The highest BCUT2D eigenvalue weighted by Gasteiger charge is 2.33. The van der Waals surface area contributed by atoms with Gasteiger partial charge in [0.2, 0.25) is 0 Å². The second-order valence-electron chi connectivity index (χ2n) is 7.98. The highest BCUT2D eigenvalue weighted by molar-refractivity contribution is 6.13. The van der Waals surface area contributed by atoms with Crippen molar-refractivity contribution in [2.75, 3.05) is 7.11 Å². The molecule has 35 heavy (non-hydrogen) atoms. The van der Waals surface area contributed by atoms with Crippen molar-refractivity contribution in [3.8, 4) is 11.5 Å². The molecule has 0 radical (unpaired) electrons. The summed E-state index contributed by atoms with van der Waals surface area (Å²) < 4.78 is 24.8. The minimum atomic E-state index is -0.470. The number of carbonyl (C=O) groups excluding carboxylic acids is 2. The van der Waals surface area contributed by atoms with E-state index in [1.165, 1.54) is 24.1 Å². The Labute approximate surface area is 203 Å². The number of nitrogens with zero attached hydrogens (tertiary/aromatic N) is 1. The molecule has 7 heteroatoms. The number of benzene rings is 3. The number of carbonyl (C=O) groups is 2. The molecule has 3 amide bonds. The number of halogens is 1. The van der Waals surface area contributed by atoms with Gasteiger partial charge in [-0.25, -0.2) is 9.18 Å². The molecule has 4 rings (SSSR count). The number of nitrogens with one attached hydrogen (secondary N) is 1. The smallest absolute Gasteiger partial charge is 0.329 e. The van der Waals surface area contributed by atoms with Gasteiger partial charge in [0, 0.05) is 5.56 Å². The molecule has 0 atom stereocenters. The van der Waals surface area contributed by atoms with E-state index in [0.717, 1.165) is 16.7 Å². The van der Waals surface area contributed by atoms with Crippen molar-refractivity contribution in [1.82, 2.24) is 10.2 Å². The molecular formula is C28H25FN2O4. The van der Waals surface area contributed by atoms with Crippen molar-refractivity contribution in [3.05, 3.63) is 113 Å². The second-order valence-corrected chi connectivity index (χ2v) is 7.98. The summed E-state index contributed by atoms with van der Waals surface area (Å²) in [6, 6.07) is 18.5. The second kappa shape index (κ2) is 10.7. The van der Waals surface area contributed by atoms with Gasteiger partial charge in [0.25, 0.3) is 5.91 Å². The zero-order valence-electron chi connectivity index (χ0n) is 19.3. The number of imide groups is 1. The first-order valence-electron chi connectivity index (χ1n) is 11.1. The zero-order chi connectivity index (χ0) is 24.8. The van der Waals surface area contributed by atoms with Crippen molar-refractivity contribution in [2.45, 2.75) is 19.6 Å². The van der Waals surface area contributed by atoms with Gasteiger partial charge < -0.3 is 14.8 Å². The van der Waals surface area contributed by atoms with Crippen molar-refractivity contribution in [3.63, 3.8) is 0 Å². The average Bonchev–Trinajstić information content (AvgIpc) is 3.12. The van der Waals surface area contributed by atoms with Crippen LogP contribution in [0.1, 0.15) is 22.3 Å². The molecule has 1 aliphatic rings. The number of urea groups is 1. The first-order valence-corrected chi connectivity index (χ1v) is 11.1. The SMILES string of the molecule is C=CCc1cc(/C=C2/NC(=O)N(Cc3ccccc3)C2=O)cc(OC)c1OCc1ccc(F)cc1. The lowest BCUT2D eigenvalue weighted by molar-refractivity contribution is -0.123. The topological polar surface area (TPSA) is 67.9 Å². The first kappa shape index (κ1) is 23.8. The average molecular weight is 473 g/mol.